The fourth-order valence-corrected chi connectivity index (χ4v) is 1.52. The summed E-state index contributed by atoms with van der Waals surface area (Å²) in [6.07, 6.45) is 1.25. The van der Waals surface area contributed by atoms with E-state index in [0.29, 0.717) is 5.69 Å². The van der Waals surface area contributed by atoms with Gasteiger partial charge in [-0.1, -0.05) is 48.0 Å². The second kappa shape index (κ2) is 10.1. The van der Waals surface area contributed by atoms with Crippen LogP contribution in [0.2, 0.25) is 0 Å². The van der Waals surface area contributed by atoms with E-state index in [0.717, 1.165) is 0 Å². The van der Waals surface area contributed by atoms with Crippen LogP contribution in [0, 0.1) is 5.92 Å². The SMILES string of the molecule is CBr.CC.CC1(C)OC(=O)C(C=Nc2ccccc2)C(=O)O1. The minimum absolute atomic E-state index is 0.643. The number of hydrogen-bond acceptors (Lipinski definition) is 5. The van der Waals surface area contributed by atoms with Crippen LogP contribution in [0.5, 0.6) is 0 Å². The van der Waals surface area contributed by atoms with Gasteiger partial charge in [-0.05, 0) is 18.0 Å². The van der Waals surface area contributed by atoms with Crippen molar-refractivity contribution in [3.63, 3.8) is 0 Å². The molecule has 1 aliphatic rings. The maximum Gasteiger partial charge on any atom is 0.329 e. The molecule has 22 heavy (non-hydrogen) atoms. The van der Waals surface area contributed by atoms with Crippen molar-refractivity contribution in [3.05, 3.63) is 30.3 Å². The van der Waals surface area contributed by atoms with Crippen LogP contribution in [0.15, 0.2) is 35.3 Å². The predicted molar refractivity (Wildman–Crippen MR) is 90.5 cm³/mol. The number of alkyl halides is 1. The van der Waals surface area contributed by atoms with Crippen molar-refractivity contribution >= 4 is 39.8 Å². The van der Waals surface area contributed by atoms with Crippen molar-refractivity contribution in [2.75, 3.05) is 5.83 Å². The van der Waals surface area contributed by atoms with Gasteiger partial charge >= 0.3 is 11.9 Å². The number of rotatable bonds is 2. The van der Waals surface area contributed by atoms with E-state index in [9.17, 15) is 9.59 Å². The monoisotopic (exact) mass is 371 g/mol. The molecule has 0 spiro atoms. The van der Waals surface area contributed by atoms with Gasteiger partial charge in [-0.2, -0.15) is 0 Å². The number of nitrogens with zero attached hydrogens (tertiary/aromatic N) is 1. The minimum Gasteiger partial charge on any atom is -0.422 e. The Labute approximate surface area is 139 Å². The summed E-state index contributed by atoms with van der Waals surface area (Å²) in [5, 5.41) is 0. The Kier molecular flexibility index (Phi) is 9.33. The van der Waals surface area contributed by atoms with Crippen LogP contribution >= 0.6 is 15.9 Å². The molecular weight excluding hydrogens is 350 g/mol. The zero-order valence-corrected chi connectivity index (χ0v) is 15.1. The fraction of sp³-hybridized carbons (Fsp3) is 0.438. The fourth-order valence-electron chi connectivity index (χ4n) is 1.52. The standard InChI is InChI=1S/C13H13NO4.C2H6.CH3Br/c1-13(2)17-11(15)10(12(16)18-13)8-14-9-6-4-3-5-7-9;2*1-2/h3-8,10H,1-2H3;1-2H3;1H3. The molecule has 0 N–H and O–H groups in total. The minimum atomic E-state index is -1.20. The highest BCUT2D eigenvalue weighted by atomic mass is 79.9. The first-order valence-corrected chi connectivity index (χ1v) is 8.49. The lowest BCUT2D eigenvalue weighted by atomic mass is 10.1. The Morgan fingerprint density at radius 3 is 1.95 bits per heavy atom. The number of aliphatic imine (C=N–C) groups is 1. The van der Waals surface area contributed by atoms with Gasteiger partial charge in [-0.15, -0.1) is 0 Å². The smallest absolute Gasteiger partial charge is 0.329 e. The topological polar surface area (TPSA) is 65.0 Å². The van der Waals surface area contributed by atoms with Gasteiger partial charge in [0, 0.05) is 20.1 Å². The number of benzene rings is 1. The molecule has 122 valence electrons. The van der Waals surface area contributed by atoms with Gasteiger partial charge < -0.3 is 9.47 Å². The van der Waals surface area contributed by atoms with Crippen LogP contribution < -0.4 is 0 Å². The molecule has 0 aromatic heterocycles. The van der Waals surface area contributed by atoms with E-state index in [1.807, 2.05) is 37.9 Å². The average Bonchev–Trinajstić information content (AvgIpc) is 2.50. The van der Waals surface area contributed by atoms with Crippen LogP contribution in [0.4, 0.5) is 5.69 Å². The lowest BCUT2D eigenvalue weighted by Crippen LogP contribution is -2.46. The lowest BCUT2D eigenvalue weighted by molar-refractivity contribution is -0.235. The van der Waals surface area contributed by atoms with Gasteiger partial charge in [0.15, 0.2) is 5.92 Å². The number of hydrogen-bond donors (Lipinski definition) is 0. The van der Waals surface area contributed by atoms with Gasteiger partial charge in [0.1, 0.15) is 0 Å². The molecule has 0 unspecified atom stereocenters. The molecule has 1 aromatic carbocycles. The van der Waals surface area contributed by atoms with Crippen molar-refractivity contribution in [3.8, 4) is 0 Å². The summed E-state index contributed by atoms with van der Waals surface area (Å²) in [5.74, 6) is -1.77. The van der Waals surface area contributed by atoms with Gasteiger partial charge in [0.2, 0.25) is 0 Å². The number of cyclic esters (lactones) is 2. The molecule has 0 aliphatic carbocycles. The third-order valence-electron chi connectivity index (χ3n) is 2.33. The van der Waals surface area contributed by atoms with Crippen molar-refractivity contribution in [2.45, 2.75) is 33.5 Å². The average molecular weight is 372 g/mol. The molecule has 0 amide bonds. The largest absolute Gasteiger partial charge is 0.422 e. The zero-order valence-electron chi connectivity index (χ0n) is 13.5. The highest BCUT2D eigenvalue weighted by Crippen LogP contribution is 2.22. The van der Waals surface area contributed by atoms with Crippen LogP contribution in [-0.2, 0) is 19.1 Å². The molecule has 1 heterocycles. The third-order valence-corrected chi connectivity index (χ3v) is 2.33. The molecular formula is C16H22BrNO4. The number of halogens is 1. The van der Waals surface area contributed by atoms with E-state index >= 15 is 0 Å². The summed E-state index contributed by atoms with van der Waals surface area (Å²) in [6.45, 7) is 7.01. The maximum atomic E-state index is 11.6. The molecule has 1 aromatic rings. The van der Waals surface area contributed by atoms with Crippen LogP contribution in [0.1, 0.15) is 27.7 Å². The van der Waals surface area contributed by atoms with Crippen LogP contribution in [0.3, 0.4) is 0 Å². The summed E-state index contributed by atoms with van der Waals surface area (Å²) < 4.78 is 9.94. The Morgan fingerprint density at radius 2 is 1.50 bits per heavy atom. The molecule has 1 aliphatic heterocycles. The van der Waals surface area contributed by atoms with Crippen LogP contribution in [-0.4, -0.2) is 29.8 Å². The molecule has 2 rings (SSSR count). The van der Waals surface area contributed by atoms with Crippen molar-refractivity contribution < 1.29 is 19.1 Å². The summed E-state index contributed by atoms with van der Waals surface area (Å²) >= 11 is 2.94. The Hall–Kier alpha value is -1.69. The number of carbonyl (C=O) groups excluding carboxylic acids is 2. The summed E-state index contributed by atoms with van der Waals surface area (Å²) in [4.78, 5) is 27.3. The zero-order chi connectivity index (χ0) is 17.2. The summed E-state index contributed by atoms with van der Waals surface area (Å²) in [5.41, 5.74) is 0.655. The molecule has 6 heteroatoms. The van der Waals surface area contributed by atoms with Gasteiger partial charge in [-0.25, -0.2) is 0 Å². The number of ether oxygens (including phenoxy) is 2. The van der Waals surface area contributed by atoms with Gasteiger partial charge in [0.25, 0.3) is 5.79 Å². The molecule has 1 fully saturated rings. The first-order valence-electron chi connectivity index (χ1n) is 6.91. The second-order valence-corrected chi connectivity index (χ2v) is 4.33. The van der Waals surface area contributed by atoms with E-state index in [-0.39, 0.29) is 0 Å². The first kappa shape index (κ1) is 20.3. The number of para-hydroxylation sites is 1. The Balaban J connectivity index is 0.00000102. The quantitative estimate of drug-likeness (QED) is 0.342. The normalized spacial score (nSPS) is 16.6. The lowest BCUT2D eigenvalue weighted by Gasteiger charge is -2.31. The van der Waals surface area contributed by atoms with E-state index in [1.165, 1.54) is 20.1 Å². The van der Waals surface area contributed by atoms with Gasteiger partial charge in [-0.3, -0.25) is 14.6 Å². The second-order valence-electron chi connectivity index (χ2n) is 4.33. The van der Waals surface area contributed by atoms with E-state index in [4.69, 9.17) is 9.47 Å². The van der Waals surface area contributed by atoms with Crippen molar-refractivity contribution in [1.82, 2.24) is 0 Å². The van der Waals surface area contributed by atoms with E-state index in [1.54, 1.807) is 12.1 Å². The molecule has 0 atom stereocenters. The maximum absolute atomic E-state index is 11.6. The number of carbonyl (C=O) groups is 2. The van der Waals surface area contributed by atoms with E-state index < -0.39 is 23.6 Å². The molecule has 5 nitrogen and oxygen atoms in total. The van der Waals surface area contributed by atoms with Crippen LogP contribution in [0.25, 0.3) is 0 Å². The van der Waals surface area contributed by atoms with Crippen molar-refractivity contribution in [2.24, 2.45) is 10.9 Å². The highest BCUT2D eigenvalue weighted by Gasteiger charge is 2.42. The Morgan fingerprint density at radius 1 is 1.05 bits per heavy atom. The third kappa shape index (κ3) is 6.39. The molecule has 0 bridgehead atoms. The molecule has 0 saturated carbocycles. The van der Waals surface area contributed by atoms with Crippen molar-refractivity contribution in [1.29, 1.82) is 0 Å². The van der Waals surface area contributed by atoms with Gasteiger partial charge in [0.05, 0.1) is 5.69 Å². The molecule has 0 radical (unpaired) electrons. The Bertz CT molecular complexity index is 480. The summed E-state index contributed by atoms with van der Waals surface area (Å²) in [6, 6.07) is 9.01. The molecule has 1 saturated heterocycles. The number of esters is 2. The first-order chi connectivity index (χ1) is 10.5. The summed E-state index contributed by atoms with van der Waals surface area (Å²) in [7, 11) is 0. The highest BCUT2D eigenvalue weighted by molar-refractivity contribution is 9.08. The van der Waals surface area contributed by atoms with E-state index in [2.05, 4.69) is 20.9 Å². The predicted octanol–water partition coefficient (Wildman–Crippen LogP) is 3.88.